The Morgan fingerprint density at radius 3 is 2.44 bits per heavy atom. The number of nitrogens with zero attached hydrogens (tertiary/aromatic N) is 3. The first-order chi connectivity index (χ1) is 12.1. The lowest BCUT2D eigenvalue weighted by Crippen LogP contribution is -2.51. The van der Waals surface area contributed by atoms with Crippen molar-refractivity contribution >= 4 is 5.91 Å². The first-order valence-electron chi connectivity index (χ1n) is 9.10. The van der Waals surface area contributed by atoms with Gasteiger partial charge < -0.3 is 10.2 Å². The molecule has 5 heteroatoms. The van der Waals surface area contributed by atoms with Gasteiger partial charge in [-0.05, 0) is 51.0 Å². The summed E-state index contributed by atoms with van der Waals surface area (Å²) in [5, 5.41) is 7.56. The van der Waals surface area contributed by atoms with E-state index in [0.717, 1.165) is 43.6 Å². The molecule has 1 aliphatic heterocycles. The highest BCUT2D eigenvalue weighted by molar-refractivity contribution is 5.88. The molecule has 0 spiro atoms. The van der Waals surface area contributed by atoms with Crippen LogP contribution in [-0.2, 0) is 17.3 Å². The second-order valence-electron chi connectivity index (χ2n) is 7.07. The van der Waals surface area contributed by atoms with Crippen LogP contribution < -0.4 is 5.32 Å². The molecule has 3 rings (SSSR count). The molecule has 1 aromatic carbocycles. The fourth-order valence-electron chi connectivity index (χ4n) is 3.81. The molecule has 5 nitrogen and oxygen atoms in total. The van der Waals surface area contributed by atoms with Crippen molar-refractivity contribution in [3.05, 3.63) is 53.9 Å². The Morgan fingerprint density at radius 2 is 1.88 bits per heavy atom. The van der Waals surface area contributed by atoms with Crippen LogP contribution >= 0.6 is 0 Å². The topological polar surface area (TPSA) is 50.2 Å². The van der Waals surface area contributed by atoms with E-state index in [2.05, 4.69) is 41.4 Å². The molecule has 0 aliphatic carbocycles. The molecule has 25 heavy (non-hydrogen) atoms. The average molecular weight is 340 g/mol. The number of nitrogens with one attached hydrogen (secondary N) is 1. The predicted molar refractivity (Wildman–Crippen MR) is 99.2 cm³/mol. The molecule has 1 saturated heterocycles. The lowest BCUT2D eigenvalue weighted by Gasteiger charge is -2.40. The van der Waals surface area contributed by atoms with Crippen molar-refractivity contribution in [2.24, 2.45) is 7.05 Å². The van der Waals surface area contributed by atoms with Crippen LogP contribution in [0.5, 0.6) is 0 Å². The Bertz CT molecular complexity index is 701. The van der Waals surface area contributed by atoms with Crippen LogP contribution in [0, 0.1) is 0 Å². The summed E-state index contributed by atoms with van der Waals surface area (Å²) in [6.07, 6.45) is 4.32. The van der Waals surface area contributed by atoms with Crippen LogP contribution in [0.1, 0.15) is 43.5 Å². The third-order valence-corrected chi connectivity index (χ3v) is 5.53. The van der Waals surface area contributed by atoms with Crippen LogP contribution in [0.3, 0.4) is 0 Å². The van der Waals surface area contributed by atoms with Gasteiger partial charge in [0.05, 0.1) is 17.2 Å². The summed E-state index contributed by atoms with van der Waals surface area (Å²) in [7, 11) is 4.05. The summed E-state index contributed by atoms with van der Waals surface area (Å²) in [4.78, 5) is 15.7. The fraction of sp³-hybridized carbons (Fsp3) is 0.500. The summed E-state index contributed by atoms with van der Waals surface area (Å²) in [6, 6.07) is 12.2. The number of aryl methyl sites for hydroxylation is 1. The Kier molecular flexibility index (Phi) is 5.23. The number of hydrogen-bond donors (Lipinski definition) is 1. The van der Waals surface area contributed by atoms with Gasteiger partial charge in [-0.1, -0.05) is 37.3 Å². The molecule has 1 N–H and O–H groups in total. The Balaban J connectivity index is 1.88. The number of hydrogen-bond acceptors (Lipinski definition) is 3. The van der Waals surface area contributed by atoms with Gasteiger partial charge in [-0.15, -0.1) is 0 Å². The molecular formula is C20H28N4O. The number of amides is 1. The van der Waals surface area contributed by atoms with Crippen molar-refractivity contribution in [2.75, 3.05) is 20.1 Å². The summed E-state index contributed by atoms with van der Waals surface area (Å²) in [5.74, 6) is 0.139. The number of piperidine rings is 1. The zero-order valence-electron chi connectivity index (χ0n) is 15.4. The SMILES string of the molecule is CC[C@@H](NC(=O)C1(c2ccccc2)CCN(C)CC1)c1ccnn1C. The largest absolute Gasteiger partial charge is 0.347 e. The Hall–Kier alpha value is -2.14. The monoisotopic (exact) mass is 340 g/mol. The lowest BCUT2D eigenvalue weighted by atomic mass is 9.72. The van der Waals surface area contributed by atoms with Gasteiger partial charge in [0.25, 0.3) is 0 Å². The summed E-state index contributed by atoms with van der Waals surface area (Å²) in [6.45, 7) is 3.97. The number of likely N-dealkylation sites (tertiary alicyclic amines) is 1. The average Bonchev–Trinajstić information content (AvgIpc) is 3.07. The Morgan fingerprint density at radius 1 is 1.20 bits per heavy atom. The molecule has 2 aromatic rings. The highest BCUT2D eigenvalue weighted by atomic mass is 16.2. The first kappa shape index (κ1) is 17.7. The number of rotatable bonds is 5. The first-order valence-corrected chi connectivity index (χ1v) is 9.10. The van der Waals surface area contributed by atoms with E-state index in [-0.39, 0.29) is 11.9 Å². The molecule has 0 radical (unpaired) electrons. The zero-order chi connectivity index (χ0) is 17.9. The molecule has 1 aliphatic rings. The molecule has 0 bridgehead atoms. The van der Waals surface area contributed by atoms with Crippen LogP contribution in [0.15, 0.2) is 42.6 Å². The molecule has 1 amide bonds. The van der Waals surface area contributed by atoms with Gasteiger partial charge in [0.1, 0.15) is 0 Å². The van der Waals surface area contributed by atoms with Gasteiger partial charge in [-0.2, -0.15) is 5.10 Å². The molecule has 134 valence electrons. The standard InChI is InChI=1S/C20H28N4O/c1-4-17(18-10-13-21-24(18)3)22-19(25)20(11-14-23(2)15-12-20)16-8-6-5-7-9-16/h5-10,13,17H,4,11-12,14-15H2,1-3H3,(H,22,25)/t17-/m1/s1. The third kappa shape index (κ3) is 3.47. The van der Waals surface area contributed by atoms with E-state index in [4.69, 9.17) is 0 Å². The van der Waals surface area contributed by atoms with E-state index in [1.807, 2.05) is 36.0 Å². The van der Waals surface area contributed by atoms with Crippen molar-refractivity contribution in [1.82, 2.24) is 20.0 Å². The third-order valence-electron chi connectivity index (χ3n) is 5.53. The number of carbonyl (C=O) groups is 1. The quantitative estimate of drug-likeness (QED) is 0.910. The lowest BCUT2D eigenvalue weighted by molar-refractivity contribution is -0.129. The minimum absolute atomic E-state index is 0.0137. The maximum absolute atomic E-state index is 13.4. The van der Waals surface area contributed by atoms with Crippen molar-refractivity contribution in [1.29, 1.82) is 0 Å². The zero-order valence-corrected chi connectivity index (χ0v) is 15.4. The van der Waals surface area contributed by atoms with Crippen molar-refractivity contribution < 1.29 is 4.79 Å². The van der Waals surface area contributed by atoms with Crippen molar-refractivity contribution in [3.8, 4) is 0 Å². The number of benzene rings is 1. The number of carbonyl (C=O) groups excluding carboxylic acids is 1. The molecule has 1 fully saturated rings. The minimum atomic E-state index is -0.445. The smallest absolute Gasteiger partial charge is 0.231 e. The summed E-state index contributed by atoms with van der Waals surface area (Å²) >= 11 is 0. The van der Waals surface area contributed by atoms with Gasteiger partial charge in [-0.3, -0.25) is 9.48 Å². The summed E-state index contributed by atoms with van der Waals surface area (Å²) < 4.78 is 1.85. The van der Waals surface area contributed by atoms with Gasteiger partial charge in [0.2, 0.25) is 5.91 Å². The predicted octanol–water partition coefficient (Wildman–Crippen LogP) is 2.65. The van der Waals surface area contributed by atoms with Crippen LogP contribution in [0.2, 0.25) is 0 Å². The van der Waals surface area contributed by atoms with Gasteiger partial charge >= 0.3 is 0 Å². The van der Waals surface area contributed by atoms with E-state index in [1.54, 1.807) is 6.20 Å². The molecule has 0 unspecified atom stereocenters. The highest BCUT2D eigenvalue weighted by Crippen LogP contribution is 2.36. The van der Waals surface area contributed by atoms with Gasteiger partial charge in [0, 0.05) is 13.2 Å². The molecule has 1 atom stereocenters. The van der Waals surface area contributed by atoms with E-state index < -0.39 is 5.41 Å². The Labute approximate surface area is 150 Å². The molecule has 1 aromatic heterocycles. The van der Waals surface area contributed by atoms with Crippen molar-refractivity contribution in [2.45, 2.75) is 37.6 Å². The van der Waals surface area contributed by atoms with E-state index in [9.17, 15) is 4.79 Å². The van der Waals surface area contributed by atoms with Crippen molar-refractivity contribution in [3.63, 3.8) is 0 Å². The van der Waals surface area contributed by atoms with Crippen LogP contribution in [0.25, 0.3) is 0 Å². The minimum Gasteiger partial charge on any atom is -0.347 e. The molecule has 2 heterocycles. The van der Waals surface area contributed by atoms with Gasteiger partial charge in [0.15, 0.2) is 0 Å². The van der Waals surface area contributed by atoms with Crippen LogP contribution in [0.4, 0.5) is 0 Å². The second-order valence-corrected chi connectivity index (χ2v) is 7.07. The maximum atomic E-state index is 13.4. The van der Waals surface area contributed by atoms with E-state index in [1.165, 1.54) is 0 Å². The maximum Gasteiger partial charge on any atom is 0.231 e. The van der Waals surface area contributed by atoms with E-state index >= 15 is 0 Å². The van der Waals surface area contributed by atoms with Crippen LogP contribution in [-0.4, -0.2) is 40.7 Å². The second kappa shape index (κ2) is 7.40. The van der Waals surface area contributed by atoms with Gasteiger partial charge in [-0.25, -0.2) is 0 Å². The number of aromatic nitrogens is 2. The molecular weight excluding hydrogens is 312 g/mol. The normalized spacial score (nSPS) is 18.7. The highest BCUT2D eigenvalue weighted by Gasteiger charge is 2.42. The molecule has 0 saturated carbocycles. The fourth-order valence-corrected chi connectivity index (χ4v) is 3.81. The summed E-state index contributed by atoms with van der Waals surface area (Å²) in [5.41, 5.74) is 1.73. The van der Waals surface area contributed by atoms with E-state index in [0.29, 0.717) is 0 Å².